The summed E-state index contributed by atoms with van der Waals surface area (Å²) in [6, 6.07) is 19.4. The van der Waals surface area contributed by atoms with Crippen LogP contribution in [0.15, 0.2) is 72.8 Å². The van der Waals surface area contributed by atoms with Gasteiger partial charge in [-0.2, -0.15) is 0 Å². The number of benzene rings is 3. The number of nitrogens with one attached hydrogen (secondary N) is 2. The highest BCUT2D eigenvalue weighted by Crippen LogP contribution is 2.24. The Hall–Kier alpha value is -3.43. The lowest BCUT2D eigenvalue weighted by atomic mass is 10.1. The molecule has 10 heteroatoms. The lowest BCUT2D eigenvalue weighted by Gasteiger charge is -2.22. The van der Waals surface area contributed by atoms with Crippen molar-refractivity contribution in [1.82, 2.24) is 5.32 Å². The van der Waals surface area contributed by atoms with Gasteiger partial charge in [0.15, 0.2) is 0 Å². The number of sulfonamides is 1. The van der Waals surface area contributed by atoms with Gasteiger partial charge in [-0.1, -0.05) is 54.1 Å². The van der Waals surface area contributed by atoms with Crippen molar-refractivity contribution in [3.63, 3.8) is 0 Å². The molecule has 34 heavy (non-hydrogen) atoms. The minimum Gasteiger partial charge on any atom is -0.352 e. The van der Waals surface area contributed by atoms with E-state index in [-0.39, 0.29) is 27.9 Å². The number of para-hydroxylation sites is 1. The number of nitrogens with zero attached hydrogens (tertiary/aromatic N) is 1. The summed E-state index contributed by atoms with van der Waals surface area (Å²) in [5.41, 5.74) is 1.58. The summed E-state index contributed by atoms with van der Waals surface area (Å²) in [6.07, 6.45) is 1.57. The van der Waals surface area contributed by atoms with Crippen LogP contribution in [0, 0.1) is 5.82 Å². The molecule has 0 heterocycles. The van der Waals surface area contributed by atoms with Crippen molar-refractivity contribution < 1.29 is 22.4 Å². The molecular formula is C24H23ClFN3O4S. The number of amides is 2. The molecule has 0 unspecified atom stereocenters. The molecule has 3 aromatic carbocycles. The number of hydrogen-bond acceptors (Lipinski definition) is 4. The van der Waals surface area contributed by atoms with Crippen LogP contribution in [0.4, 0.5) is 15.8 Å². The van der Waals surface area contributed by atoms with Crippen LogP contribution in [0.2, 0.25) is 5.02 Å². The van der Waals surface area contributed by atoms with E-state index in [0.29, 0.717) is 13.0 Å². The number of carbonyl (C=O) groups excluding carboxylic acids is 2. The zero-order valence-electron chi connectivity index (χ0n) is 18.3. The van der Waals surface area contributed by atoms with E-state index in [1.807, 2.05) is 30.3 Å². The Bertz CT molecular complexity index is 1290. The average molecular weight is 504 g/mol. The van der Waals surface area contributed by atoms with Gasteiger partial charge in [0.2, 0.25) is 15.9 Å². The van der Waals surface area contributed by atoms with Crippen molar-refractivity contribution in [3.8, 4) is 0 Å². The second kappa shape index (κ2) is 11.1. The molecule has 2 N–H and O–H groups in total. The third-order valence-corrected chi connectivity index (χ3v) is 6.30. The van der Waals surface area contributed by atoms with E-state index in [4.69, 9.17) is 11.6 Å². The summed E-state index contributed by atoms with van der Waals surface area (Å²) in [5, 5.41) is 5.13. The summed E-state index contributed by atoms with van der Waals surface area (Å²) >= 11 is 5.77. The van der Waals surface area contributed by atoms with Gasteiger partial charge in [-0.05, 0) is 42.3 Å². The Kier molecular flexibility index (Phi) is 8.25. The van der Waals surface area contributed by atoms with Crippen molar-refractivity contribution >= 4 is 44.8 Å². The Balaban J connectivity index is 1.70. The molecule has 0 fully saturated rings. The van der Waals surface area contributed by atoms with Gasteiger partial charge >= 0.3 is 0 Å². The van der Waals surface area contributed by atoms with Crippen molar-refractivity contribution in [3.05, 3.63) is 94.8 Å². The van der Waals surface area contributed by atoms with Crippen molar-refractivity contribution in [2.75, 3.05) is 29.0 Å². The van der Waals surface area contributed by atoms with Gasteiger partial charge in [-0.15, -0.1) is 0 Å². The van der Waals surface area contributed by atoms with Crippen LogP contribution < -0.4 is 14.9 Å². The van der Waals surface area contributed by atoms with Gasteiger partial charge in [0.1, 0.15) is 12.4 Å². The molecule has 0 aliphatic carbocycles. The second-order valence-electron chi connectivity index (χ2n) is 7.45. The highest BCUT2D eigenvalue weighted by Gasteiger charge is 2.23. The molecule has 0 aromatic heterocycles. The van der Waals surface area contributed by atoms with Crippen LogP contribution in [-0.2, 0) is 21.2 Å². The predicted molar refractivity (Wildman–Crippen MR) is 131 cm³/mol. The van der Waals surface area contributed by atoms with Gasteiger partial charge in [-0.3, -0.25) is 13.9 Å². The van der Waals surface area contributed by atoms with E-state index < -0.39 is 28.3 Å². The van der Waals surface area contributed by atoms with Crippen LogP contribution in [-0.4, -0.2) is 39.6 Å². The molecule has 0 spiro atoms. The maximum Gasteiger partial charge on any atom is 0.253 e. The Morgan fingerprint density at radius 3 is 2.35 bits per heavy atom. The molecular weight excluding hydrogens is 481 g/mol. The van der Waals surface area contributed by atoms with Gasteiger partial charge in [0.05, 0.1) is 28.2 Å². The minimum absolute atomic E-state index is 0.0380. The Labute approximate surface area is 202 Å². The summed E-state index contributed by atoms with van der Waals surface area (Å²) in [6.45, 7) is -0.191. The molecule has 0 saturated carbocycles. The van der Waals surface area contributed by atoms with Crippen LogP contribution >= 0.6 is 11.6 Å². The van der Waals surface area contributed by atoms with Gasteiger partial charge in [0, 0.05) is 6.54 Å². The van der Waals surface area contributed by atoms with Crippen LogP contribution in [0.3, 0.4) is 0 Å². The number of hydrogen-bond donors (Lipinski definition) is 2. The first-order valence-electron chi connectivity index (χ1n) is 10.3. The van der Waals surface area contributed by atoms with Crippen molar-refractivity contribution in [1.29, 1.82) is 0 Å². The van der Waals surface area contributed by atoms with Crippen molar-refractivity contribution in [2.24, 2.45) is 0 Å². The maximum atomic E-state index is 13.5. The first-order valence-corrected chi connectivity index (χ1v) is 12.5. The highest BCUT2D eigenvalue weighted by atomic mass is 35.5. The molecule has 0 atom stereocenters. The fraction of sp³-hybridized carbons (Fsp3) is 0.167. The molecule has 0 saturated heterocycles. The number of rotatable bonds is 9. The van der Waals surface area contributed by atoms with E-state index in [1.165, 1.54) is 6.07 Å². The quantitative estimate of drug-likeness (QED) is 0.463. The molecule has 0 aliphatic rings. The van der Waals surface area contributed by atoms with Crippen LogP contribution in [0.1, 0.15) is 15.9 Å². The maximum absolute atomic E-state index is 13.5. The van der Waals surface area contributed by atoms with E-state index in [2.05, 4.69) is 10.6 Å². The topological polar surface area (TPSA) is 95.6 Å². The van der Waals surface area contributed by atoms with Crippen molar-refractivity contribution in [2.45, 2.75) is 6.42 Å². The summed E-state index contributed by atoms with van der Waals surface area (Å²) < 4.78 is 38.8. The molecule has 0 bridgehead atoms. The fourth-order valence-corrected chi connectivity index (χ4v) is 4.23. The number of carbonyl (C=O) groups is 2. The Morgan fingerprint density at radius 1 is 1.00 bits per heavy atom. The number of halogens is 2. The van der Waals surface area contributed by atoms with Gasteiger partial charge in [0.25, 0.3) is 5.91 Å². The zero-order chi connectivity index (χ0) is 24.7. The molecule has 178 valence electrons. The summed E-state index contributed by atoms with van der Waals surface area (Å²) in [7, 11) is -3.89. The summed E-state index contributed by atoms with van der Waals surface area (Å²) in [5.74, 6) is -1.77. The van der Waals surface area contributed by atoms with E-state index >= 15 is 0 Å². The normalized spacial score (nSPS) is 11.0. The van der Waals surface area contributed by atoms with Gasteiger partial charge in [-0.25, -0.2) is 12.8 Å². The first kappa shape index (κ1) is 25.2. The molecule has 0 aliphatic heterocycles. The molecule has 7 nitrogen and oxygen atoms in total. The first-order chi connectivity index (χ1) is 16.1. The highest BCUT2D eigenvalue weighted by molar-refractivity contribution is 7.92. The predicted octanol–water partition coefficient (Wildman–Crippen LogP) is 3.86. The largest absolute Gasteiger partial charge is 0.352 e. The lowest BCUT2D eigenvalue weighted by molar-refractivity contribution is -0.114. The monoisotopic (exact) mass is 503 g/mol. The standard InChI is InChI=1S/C24H23ClFN3O4S/c1-34(32,33)29(18-11-12-21(26)20(25)15-18)16-23(30)28-22-10-6-5-9-19(22)24(31)27-14-13-17-7-3-2-4-8-17/h2-12,15H,13-14,16H2,1H3,(H,27,31)(H,28,30). The van der Waals surface area contributed by atoms with Gasteiger partial charge < -0.3 is 10.6 Å². The van der Waals surface area contributed by atoms with E-state index in [1.54, 1.807) is 24.3 Å². The molecule has 2 amide bonds. The second-order valence-corrected chi connectivity index (χ2v) is 9.77. The molecule has 3 aromatic rings. The van der Waals surface area contributed by atoms with E-state index in [0.717, 1.165) is 28.3 Å². The van der Waals surface area contributed by atoms with Crippen LogP contribution in [0.25, 0.3) is 0 Å². The SMILES string of the molecule is CS(=O)(=O)N(CC(=O)Nc1ccccc1C(=O)NCCc1ccccc1)c1ccc(F)c(Cl)c1. The third-order valence-electron chi connectivity index (χ3n) is 4.87. The van der Waals surface area contributed by atoms with E-state index in [9.17, 15) is 22.4 Å². The smallest absolute Gasteiger partial charge is 0.253 e. The number of anilines is 2. The molecule has 3 rings (SSSR count). The third kappa shape index (κ3) is 6.79. The lowest BCUT2D eigenvalue weighted by Crippen LogP contribution is -2.37. The Morgan fingerprint density at radius 2 is 1.68 bits per heavy atom. The minimum atomic E-state index is -3.89. The fourth-order valence-electron chi connectivity index (χ4n) is 3.21. The molecule has 0 radical (unpaired) electrons. The summed E-state index contributed by atoms with van der Waals surface area (Å²) in [4.78, 5) is 25.4. The van der Waals surface area contributed by atoms with Crippen LogP contribution in [0.5, 0.6) is 0 Å². The zero-order valence-corrected chi connectivity index (χ0v) is 19.9. The average Bonchev–Trinajstić information content (AvgIpc) is 2.79.